The van der Waals surface area contributed by atoms with Crippen LogP contribution in [0.25, 0.3) is 0 Å². The van der Waals surface area contributed by atoms with E-state index in [4.69, 9.17) is 22.0 Å². The monoisotopic (exact) mass is 217 g/mol. The maximum Gasteiger partial charge on any atom is 0.185 e. The number of hydrogen-bond acceptors (Lipinski definition) is 5. The second-order valence-corrected chi connectivity index (χ2v) is 3.84. The second kappa shape index (κ2) is 4.42. The molecule has 0 aliphatic heterocycles. The third-order valence-corrected chi connectivity index (χ3v) is 2.61. The lowest BCUT2D eigenvalue weighted by Gasteiger charge is -2.07. The van der Waals surface area contributed by atoms with Gasteiger partial charge in [0.1, 0.15) is 10.9 Å². The number of nitrogens with zero attached hydrogens (tertiary/aromatic N) is 2. The van der Waals surface area contributed by atoms with Crippen LogP contribution in [-0.2, 0) is 0 Å². The molecule has 1 atom stereocenters. The Morgan fingerprint density at radius 3 is 3.00 bits per heavy atom. The zero-order valence-electron chi connectivity index (χ0n) is 6.91. The number of rotatable bonds is 3. The minimum atomic E-state index is -0.0891. The van der Waals surface area contributed by atoms with Crippen molar-refractivity contribution in [2.24, 2.45) is 0 Å². The topological polar surface area (TPSA) is 68.9 Å². The van der Waals surface area contributed by atoms with Crippen LogP contribution in [0, 0.1) is 11.3 Å². The molecule has 1 aromatic heterocycles. The highest BCUT2D eigenvalue weighted by Crippen LogP contribution is 2.26. The zero-order valence-corrected chi connectivity index (χ0v) is 8.48. The average Bonchev–Trinajstić information content (AvgIpc) is 2.46. The lowest BCUT2D eigenvalue weighted by atomic mass is 10.4. The van der Waals surface area contributed by atoms with Gasteiger partial charge in [0.2, 0.25) is 0 Å². The average molecular weight is 218 g/mol. The van der Waals surface area contributed by atoms with Gasteiger partial charge in [0, 0.05) is 6.04 Å². The molecule has 0 saturated carbocycles. The maximum absolute atomic E-state index is 8.75. The molecule has 6 heteroatoms. The normalized spacial score (nSPS) is 12.2. The smallest absolute Gasteiger partial charge is 0.185 e. The van der Waals surface area contributed by atoms with Gasteiger partial charge in [-0.2, -0.15) is 5.26 Å². The lowest BCUT2D eigenvalue weighted by Crippen LogP contribution is -2.18. The highest BCUT2D eigenvalue weighted by Gasteiger charge is 2.09. The van der Waals surface area contributed by atoms with E-state index in [1.807, 2.05) is 6.07 Å². The van der Waals surface area contributed by atoms with Crippen LogP contribution in [0.5, 0.6) is 0 Å². The van der Waals surface area contributed by atoms with Crippen molar-refractivity contribution in [1.82, 2.24) is 4.98 Å². The van der Waals surface area contributed by atoms with Crippen molar-refractivity contribution >= 4 is 28.1 Å². The summed E-state index contributed by atoms with van der Waals surface area (Å²) in [6.07, 6.45) is 0. The number of nitriles is 1. The molecule has 0 radical (unpaired) electrons. The van der Waals surface area contributed by atoms with Crippen molar-refractivity contribution in [3.05, 3.63) is 10.0 Å². The van der Waals surface area contributed by atoms with Crippen LogP contribution in [0.2, 0.25) is 5.15 Å². The Labute approximate surface area is 84.8 Å². The van der Waals surface area contributed by atoms with Gasteiger partial charge in [-0.3, -0.25) is 0 Å². The first-order valence-electron chi connectivity index (χ1n) is 3.61. The van der Waals surface area contributed by atoms with Crippen LogP contribution in [0.4, 0.5) is 5.13 Å². The molecule has 0 bridgehead atoms. The number of anilines is 1. The van der Waals surface area contributed by atoms with Gasteiger partial charge in [0.25, 0.3) is 0 Å². The summed E-state index contributed by atoms with van der Waals surface area (Å²) in [6, 6.07) is 1.84. The molecule has 1 aromatic rings. The zero-order chi connectivity index (χ0) is 9.84. The molecule has 13 heavy (non-hydrogen) atoms. The molecule has 0 unspecified atom stereocenters. The number of aromatic nitrogens is 1. The molecule has 1 rings (SSSR count). The van der Waals surface area contributed by atoms with Crippen LogP contribution >= 0.6 is 22.9 Å². The summed E-state index contributed by atoms with van der Waals surface area (Å²) >= 11 is 6.82. The Morgan fingerprint density at radius 1 is 1.85 bits per heavy atom. The minimum Gasteiger partial charge on any atom is -0.394 e. The van der Waals surface area contributed by atoms with E-state index in [9.17, 15) is 0 Å². The predicted molar refractivity (Wildman–Crippen MR) is 52.0 cm³/mol. The fourth-order valence-corrected chi connectivity index (χ4v) is 1.75. The maximum atomic E-state index is 8.75. The summed E-state index contributed by atoms with van der Waals surface area (Å²) in [7, 11) is 0. The molecule has 70 valence electrons. The van der Waals surface area contributed by atoms with E-state index in [-0.39, 0.29) is 17.8 Å². The molecule has 0 aromatic carbocycles. The summed E-state index contributed by atoms with van der Waals surface area (Å²) in [5.74, 6) is 0. The number of halogens is 1. The first kappa shape index (κ1) is 10.3. The van der Waals surface area contributed by atoms with Crippen LogP contribution in [0.1, 0.15) is 11.8 Å². The number of aliphatic hydroxyl groups excluding tert-OH is 1. The van der Waals surface area contributed by atoms with E-state index < -0.39 is 0 Å². The molecule has 0 fully saturated rings. The number of aliphatic hydroxyl groups is 1. The Hall–Kier alpha value is -0.830. The van der Waals surface area contributed by atoms with Crippen molar-refractivity contribution in [1.29, 1.82) is 5.26 Å². The first-order chi connectivity index (χ1) is 6.17. The van der Waals surface area contributed by atoms with Gasteiger partial charge in [-0.1, -0.05) is 22.9 Å². The molecule has 0 aliphatic carbocycles. The Kier molecular flexibility index (Phi) is 3.48. The van der Waals surface area contributed by atoms with E-state index in [2.05, 4.69) is 10.3 Å². The molecule has 0 amide bonds. The number of thiazole rings is 1. The van der Waals surface area contributed by atoms with E-state index in [1.165, 1.54) is 11.3 Å². The van der Waals surface area contributed by atoms with Gasteiger partial charge in [0.05, 0.1) is 6.61 Å². The number of hydrogen-bond donors (Lipinski definition) is 2. The van der Waals surface area contributed by atoms with Crippen molar-refractivity contribution in [3.63, 3.8) is 0 Å². The van der Waals surface area contributed by atoms with Crippen molar-refractivity contribution in [2.75, 3.05) is 11.9 Å². The third kappa shape index (κ3) is 2.56. The Balaban J connectivity index is 2.75. The molecule has 2 N–H and O–H groups in total. The SMILES string of the molecule is C[C@@H](CO)Nc1nc(Cl)c(C#N)s1. The largest absolute Gasteiger partial charge is 0.394 e. The van der Waals surface area contributed by atoms with Crippen LogP contribution < -0.4 is 5.32 Å². The predicted octanol–water partition coefficient (Wildman–Crippen LogP) is 1.46. The molecule has 0 spiro atoms. The summed E-state index contributed by atoms with van der Waals surface area (Å²) < 4.78 is 0. The standard InChI is InChI=1S/C7H8ClN3OS/c1-4(3-12)10-7-11-6(8)5(2-9)13-7/h4,12H,3H2,1H3,(H,10,11)/t4-/m0/s1. The van der Waals surface area contributed by atoms with Gasteiger partial charge < -0.3 is 10.4 Å². The quantitative estimate of drug-likeness (QED) is 0.805. The first-order valence-corrected chi connectivity index (χ1v) is 4.80. The fourth-order valence-electron chi connectivity index (χ4n) is 0.689. The molecule has 0 aliphatic rings. The van der Waals surface area contributed by atoms with E-state index in [0.717, 1.165) is 0 Å². The van der Waals surface area contributed by atoms with Crippen LogP contribution in [0.3, 0.4) is 0 Å². The Morgan fingerprint density at radius 2 is 2.54 bits per heavy atom. The van der Waals surface area contributed by atoms with Crippen molar-refractivity contribution < 1.29 is 5.11 Å². The fraction of sp³-hybridized carbons (Fsp3) is 0.429. The van der Waals surface area contributed by atoms with Gasteiger partial charge in [-0.05, 0) is 6.92 Å². The van der Waals surface area contributed by atoms with E-state index in [0.29, 0.717) is 10.0 Å². The minimum absolute atomic E-state index is 0.0130. The van der Waals surface area contributed by atoms with Crippen LogP contribution in [0.15, 0.2) is 0 Å². The molecular weight excluding hydrogens is 210 g/mol. The summed E-state index contributed by atoms with van der Waals surface area (Å²) in [5.41, 5.74) is 0. The number of nitrogens with one attached hydrogen (secondary N) is 1. The van der Waals surface area contributed by atoms with Gasteiger partial charge in [-0.15, -0.1) is 0 Å². The van der Waals surface area contributed by atoms with E-state index in [1.54, 1.807) is 6.92 Å². The van der Waals surface area contributed by atoms with E-state index >= 15 is 0 Å². The highest BCUT2D eigenvalue weighted by atomic mass is 35.5. The summed E-state index contributed by atoms with van der Waals surface area (Å²) in [5, 5.41) is 21.0. The highest BCUT2D eigenvalue weighted by molar-refractivity contribution is 7.16. The third-order valence-electron chi connectivity index (χ3n) is 1.33. The molecule has 1 heterocycles. The van der Waals surface area contributed by atoms with Crippen molar-refractivity contribution in [3.8, 4) is 6.07 Å². The Bertz CT molecular complexity index is 333. The lowest BCUT2D eigenvalue weighted by molar-refractivity contribution is 0.281. The summed E-state index contributed by atoms with van der Waals surface area (Å²) in [6.45, 7) is 1.82. The second-order valence-electron chi connectivity index (χ2n) is 2.48. The molecule has 4 nitrogen and oxygen atoms in total. The van der Waals surface area contributed by atoms with Crippen LogP contribution in [-0.4, -0.2) is 22.7 Å². The molecular formula is C7H8ClN3OS. The van der Waals surface area contributed by atoms with Gasteiger partial charge in [-0.25, -0.2) is 4.98 Å². The van der Waals surface area contributed by atoms with Gasteiger partial charge in [0.15, 0.2) is 10.3 Å². The van der Waals surface area contributed by atoms with Gasteiger partial charge >= 0.3 is 0 Å². The summed E-state index contributed by atoms with van der Waals surface area (Å²) in [4.78, 5) is 4.29. The van der Waals surface area contributed by atoms with Crippen molar-refractivity contribution in [2.45, 2.75) is 13.0 Å². The molecule has 0 saturated heterocycles.